The van der Waals surface area contributed by atoms with Gasteiger partial charge in [-0.2, -0.15) is 0 Å². The van der Waals surface area contributed by atoms with Crippen molar-refractivity contribution in [3.8, 4) is 11.5 Å². The van der Waals surface area contributed by atoms with Crippen molar-refractivity contribution < 1.29 is 13.9 Å². The molecule has 7 nitrogen and oxygen atoms in total. The molecule has 0 aliphatic heterocycles. The van der Waals surface area contributed by atoms with E-state index in [1.807, 2.05) is 72.5 Å². The number of thiocarbonyl (C=S) groups is 1. The first-order chi connectivity index (χ1) is 16.1. The normalized spacial score (nSPS) is 10.7. The molecular formula is C25H25N3O4S. The second kappa shape index (κ2) is 10.2. The molecule has 0 saturated heterocycles. The number of hydrogen-bond donors (Lipinski definition) is 2. The Hall–Kier alpha value is -3.78. The number of nitrogens with one attached hydrogen (secondary N) is 2. The zero-order valence-electron chi connectivity index (χ0n) is 18.5. The number of H-pyrrole nitrogens is 1. The Balaban J connectivity index is 1.59. The first-order valence-electron chi connectivity index (χ1n) is 10.6. The van der Waals surface area contributed by atoms with E-state index in [0.29, 0.717) is 30.4 Å². The molecule has 0 radical (unpaired) electrons. The molecule has 33 heavy (non-hydrogen) atoms. The Morgan fingerprint density at radius 3 is 2.58 bits per heavy atom. The van der Waals surface area contributed by atoms with Crippen molar-refractivity contribution in [2.75, 3.05) is 19.0 Å². The summed E-state index contributed by atoms with van der Waals surface area (Å²) >= 11 is 5.70. The Morgan fingerprint density at radius 2 is 1.88 bits per heavy atom. The number of aromatic amines is 1. The van der Waals surface area contributed by atoms with E-state index in [-0.39, 0.29) is 5.56 Å². The number of hydrogen-bond acceptors (Lipinski definition) is 5. The van der Waals surface area contributed by atoms with Gasteiger partial charge in [-0.05, 0) is 79.8 Å². The molecule has 0 aliphatic carbocycles. The van der Waals surface area contributed by atoms with Gasteiger partial charge in [0.05, 0.1) is 33.1 Å². The van der Waals surface area contributed by atoms with Crippen LogP contribution in [0, 0.1) is 0 Å². The number of aromatic nitrogens is 1. The number of ether oxygens (including phenoxy) is 2. The highest BCUT2D eigenvalue weighted by molar-refractivity contribution is 7.80. The van der Waals surface area contributed by atoms with Crippen LogP contribution in [0.4, 0.5) is 5.69 Å². The van der Waals surface area contributed by atoms with Gasteiger partial charge in [0.25, 0.3) is 5.56 Å². The SMILES string of the molecule is CCOc1ccc(NC(=S)N(Cc2ccco2)Cc2cc3cc(OC)ccc3[nH]c2=O)cc1. The fraction of sp³-hybridized carbons (Fsp3) is 0.200. The number of pyridine rings is 1. The fourth-order valence-electron chi connectivity index (χ4n) is 3.47. The van der Waals surface area contributed by atoms with Gasteiger partial charge in [-0.15, -0.1) is 0 Å². The van der Waals surface area contributed by atoms with Crippen LogP contribution in [0.15, 0.2) is 76.1 Å². The molecule has 2 aromatic heterocycles. The highest BCUT2D eigenvalue weighted by Crippen LogP contribution is 2.21. The molecule has 0 saturated carbocycles. The second-order valence-electron chi connectivity index (χ2n) is 7.40. The molecule has 0 unspecified atom stereocenters. The molecule has 4 aromatic rings. The maximum absolute atomic E-state index is 12.8. The number of furan rings is 1. The quantitative estimate of drug-likeness (QED) is 0.359. The third-order valence-corrected chi connectivity index (χ3v) is 5.48. The molecule has 170 valence electrons. The molecule has 2 aromatic carbocycles. The third-order valence-electron chi connectivity index (χ3n) is 5.12. The van der Waals surface area contributed by atoms with Crippen molar-refractivity contribution in [3.05, 3.63) is 88.6 Å². The standard InChI is InChI=1S/C25H25N3O4S/c1-3-31-20-8-6-19(7-9-20)26-25(33)28(16-22-5-4-12-32-22)15-18-13-17-14-21(30-2)10-11-23(17)27-24(18)29/h4-14H,3,15-16H2,1-2H3,(H,26,33)(H,27,29). The summed E-state index contributed by atoms with van der Waals surface area (Å²) < 4.78 is 16.3. The van der Waals surface area contributed by atoms with Crippen LogP contribution in [0.2, 0.25) is 0 Å². The lowest BCUT2D eigenvalue weighted by Gasteiger charge is -2.25. The highest BCUT2D eigenvalue weighted by Gasteiger charge is 2.16. The smallest absolute Gasteiger partial charge is 0.253 e. The molecule has 2 N–H and O–H groups in total. The van der Waals surface area contributed by atoms with Crippen molar-refractivity contribution in [2.45, 2.75) is 20.0 Å². The molecular weight excluding hydrogens is 438 g/mol. The maximum Gasteiger partial charge on any atom is 0.253 e. The lowest BCUT2D eigenvalue weighted by molar-refractivity contribution is 0.340. The monoisotopic (exact) mass is 463 g/mol. The molecule has 0 bridgehead atoms. The number of rotatable bonds is 8. The van der Waals surface area contributed by atoms with Crippen LogP contribution >= 0.6 is 12.2 Å². The predicted molar refractivity (Wildman–Crippen MR) is 133 cm³/mol. The summed E-state index contributed by atoms with van der Waals surface area (Å²) in [6.45, 7) is 3.25. The van der Waals surface area contributed by atoms with E-state index in [2.05, 4.69) is 10.3 Å². The molecule has 0 amide bonds. The van der Waals surface area contributed by atoms with E-state index < -0.39 is 0 Å². The average Bonchev–Trinajstić information content (AvgIpc) is 3.33. The van der Waals surface area contributed by atoms with Gasteiger partial charge < -0.3 is 29.1 Å². The minimum Gasteiger partial charge on any atom is -0.497 e. The largest absolute Gasteiger partial charge is 0.497 e. The Kier molecular flexibility index (Phi) is 6.95. The molecule has 0 fully saturated rings. The minimum absolute atomic E-state index is 0.166. The summed E-state index contributed by atoms with van der Waals surface area (Å²) in [5.41, 5.74) is 1.99. The molecule has 4 rings (SSSR count). The highest BCUT2D eigenvalue weighted by atomic mass is 32.1. The van der Waals surface area contributed by atoms with Gasteiger partial charge >= 0.3 is 0 Å². The first-order valence-corrected chi connectivity index (χ1v) is 11.0. The van der Waals surface area contributed by atoms with Crippen molar-refractivity contribution >= 4 is 33.9 Å². The predicted octanol–water partition coefficient (Wildman–Crippen LogP) is 4.93. The van der Waals surface area contributed by atoms with Gasteiger partial charge in [0.2, 0.25) is 0 Å². The number of benzene rings is 2. The van der Waals surface area contributed by atoms with Gasteiger partial charge in [0, 0.05) is 22.2 Å². The molecule has 2 heterocycles. The van der Waals surface area contributed by atoms with E-state index in [9.17, 15) is 4.79 Å². The number of nitrogens with zero attached hydrogens (tertiary/aromatic N) is 1. The Morgan fingerprint density at radius 1 is 1.09 bits per heavy atom. The topological polar surface area (TPSA) is 79.7 Å². The summed E-state index contributed by atoms with van der Waals surface area (Å²) in [7, 11) is 1.61. The van der Waals surface area contributed by atoms with E-state index in [0.717, 1.165) is 33.8 Å². The lowest BCUT2D eigenvalue weighted by Crippen LogP contribution is -2.35. The summed E-state index contributed by atoms with van der Waals surface area (Å²) in [6.07, 6.45) is 1.62. The van der Waals surface area contributed by atoms with Crippen molar-refractivity contribution in [3.63, 3.8) is 0 Å². The maximum atomic E-state index is 12.8. The van der Waals surface area contributed by atoms with E-state index in [4.69, 9.17) is 26.1 Å². The molecule has 8 heteroatoms. The molecule has 0 atom stereocenters. The van der Waals surface area contributed by atoms with Gasteiger partial charge in [-0.3, -0.25) is 4.79 Å². The summed E-state index contributed by atoms with van der Waals surface area (Å²) in [5.74, 6) is 2.25. The van der Waals surface area contributed by atoms with Gasteiger partial charge in [0.1, 0.15) is 17.3 Å². The summed E-state index contributed by atoms with van der Waals surface area (Å²) in [5, 5.41) is 4.60. The van der Waals surface area contributed by atoms with E-state index in [1.54, 1.807) is 13.4 Å². The van der Waals surface area contributed by atoms with Crippen molar-refractivity contribution in [1.29, 1.82) is 0 Å². The molecule has 0 aliphatic rings. The van der Waals surface area contributed by atoms with Gasteiger partial charge in [0.15, 0.2) is 5.11 Å². The van der Waals surface area contributed by atoms with Crippen molar-refractivity contribution in [1.82, 2.24) is 9.88 Å². The Labute approximate surface area is 196 Å². The second-order valence-corrected chi connectivity index (χ2v) is 7.79. The fourth-order valence-corrected chi connectivity index (χ4v) is 3.72. The zero-order chi connectivity index (χ0) is 23.2. The van der Waals surface area contributed by atoms with Crippen LogP contribution < -0.4 is 20.3 Å². The average molecular weight is 464 g/mol. The van der Waals surface area contributed by atoms with Crippen LogP contribution in [-0.2, 0) is 13.1 Å². The summed E-state index contributed by atoms with van der Waals surface area (Å²) in [6, 6.07) is 18.7. The van der Waals surface area contributed by atoms with Crippen LogP contribution in [0.3, 0.4) is 0 Å². The van der Waals surface area contributed by atoms with Crippen LogP contribution in [-0.4, -0.2) is 28.7 Å². The number of anilines is 1. The van der Waals surface area contributed by atoms with Crippen molar-refractivity contribution in [2.24, 2.45) is 0 Å². The number of fused-ring (bicyclic) bond motifs is 1. The van der Waals surface area contributed by atoms with E-state index in [1.165, 1.54) is 0 Å². The van der Waals surface area contributed by atoms with E-state index >= 15 is 0 Å². The molecule has 0 spiro atoms. The zero-order valence-corrected chi connectivity index (χ0v) is 19.3. The van der Waals surface area contributed by atoms with Crippen LogP contribution in [0.25, 0.3) is 10.9 Å². The lowest BCUT2D eigenvalue weighted by atomic mass is 10.1. The third kappa shape index (κ3) is 5.53. The summed E-state index contributed by atoms with van der Waals surface area (Å²) in [4.78, 5) is 17.6. The van der Waals surface area contributed by atoms with Crippen LogP contribution in [0.5, 0.6) is 11.5 Å². The first kappa shape index (κ1) is 22.4. The minimum atomic E-state index is -0.166. The van der Waals surface area contributed by atoms with Gasteiger partial charge in [-0.25, -0.2) is 0 Å². The van der Waals surface area contributed by atoms with Gasteiger partial charge in [-0.1, -0.05) is 0 Å². The number of methoxy groups -OCH3 is 1. The van der Waals surface area contributed by atoms with Crippen LogP contribution in [0.1, 0.15) is 18.2 Å². The Bertz CT molecular complexity index is 1280.